The predicted octanol–water partition coefficient (Wildman–Crippen LogP) is 3.46. The average Bonchev–Trinajstić information content (AvgIpc) is 2.32. The number of rotatable bonds is 7. The third-order valence-corrected chi connectivity index (χ3v) is 3.16. The zero-order valence-electron chi connectivity index (χ0n) is 10.8. The summed E-state index contributed by atoms with van der Waals surface area (Å²) in [4.78, 5) is 11.1. The molecule has 0 aliphatic heterocycles. The highest BCUT2D eigenvalue weighted by Crippen LogP contribution is 2.18. The molecule has 1 aromatic rings. The maximum absolute atomic E-state index is 11.1. The Morgan fingerprint density at radius 3 is 2.78 bits per heavy atom. The van der Waals surface area contributed by atoms with Crippen molar-refractivity contribution in [1.29, 1.82) is 0 Å². The van der Waals surface area contributed by atoms with Gasteiger partial charge in [0, 0.05) is 18.1 Å². The molecule has 0 heterocycles. The Bertz CT molecular complexity index is 404. The van der Waals surface area contributed by atoms with Crippen LogP contribution in [0, 0.1) is 6.92 Å². The van der Waals surface area contributed by atoms with Crippen LogP contribution in [0.4, 0.5) is 0 Å². The van der Waals surface area contributed by atoms with Crippen molar-refractivity contribution in [3.05, 3.63) is 34.3 Å². The molecular formula is C14H19ClO3. The second-order valence-electron chi connectivity index (χ2n) is 4.34. The number of aryl methyl sites for hydroxylation is 1. The Balaban J connectivity index is 2.64. The first-order valence-corrected chi connectivity index (χ1v) is 6.51. The standard InChI is InChI=1S/C14H19ClO3/c1-3-4-7-18-13(14(16)17)9-11-6-5-10(2)12(15)8-11/h5-6,8,13H,3-4,7,9H2,1-2H3,(H,16,17). The lowest BCUT2D eigenvalue weighted by atomic mass is 10.1. The molecule has 1 rings (SSSR count). The molecule has 1 N–H and O–H groups in total. The van der Waals surface area contributed by atoms with Gasteiger partial charge in [0.2, 0.25) is 0 Å². The predicted molar refractivity (Wildman–Crippen MR) is 72.2 cm³/mol. The molecule has 1 aromatic carbocycles. The van der Waals surface area contributed by atoms with Crippen LogP contribution in [0.2, 0.25) is 5.02 Å². The number of hydrogen-bond donors (Lipinski definition) is 1. The van der Waals surface area contributed by atoms with E-state index in [0.29, 0.717) is 18.1 Å². The van der Waals surface area contributed by atoms with Crippen LogP contribution in [-0.2, 0) is 16.0 Å². The SMILES string of the molecule is CCCCOC(Cc1ccc(C)c(Cl)c1)C(=O)O. The van der Waals surface area contributed by atoms with Crippen LogP contribution in [0.5, 0.6) is 0 Å². The number of carboxylic acids is 1. The molecule has 0 aromatic heterocycles. The van der Waals surface area contributed by atoms with Crippen LogP contribution < -0.4 is 0 Å². The first kappa shape index (κ1) is 15.0. The summed E-state index contributed by atoms with van der Waals surface area (Å²) in [5.41, 5.74) is 1.87. The van der Waals surface area contributed by atoms with Gasteiger partial charge in [0.05, 0.1) is 0 Å². The second kappa shape index (κ2) is 7.39. The molecule has 0 amide bonds. The fourth-order valence-corrected chi connectivity index (χ4v) is 1.77. The molecule has 0 fully saturated rings. The van der Waals surface area contributed by atoms with E-state index in [9.17, 15) is 4.79 Å². The maximum atomic E-state index is 11.1. The van der Waals surface area contributed by atoms with Crippen molar-refractivity contribution < 1.29 is 14.6 Å². The Morgan fingerprint density at radius 1 is 1.50 bits per heavy atom. The van der Waals surface area contributed by atoms with Crippen LogP contribution in [0.1, 0.15) is 30.9 Å². The number of unbranched alkanes of at least 4 members (excludes halogenated alkanes) is 1. The van der Waals surface area contributed by atoms with Crippen molar-refractivity contribution in [2.24, 2.45) is 0 Å². The molecule has 0 spiro atoms. The lowest BCUT2D eigenvalue weighted by molar-refractivity contribution is -0.150. The van der Waals surface area contributed by atoms with Crippen molar-refractivity contribution in [3.8, 4) is 0 Å². The number of halogens is 1. The quantitative estimate of drug-likeness (QED) is 0.772. The maximum Gasteiger partial charge on any atom is 0.333 e. The minimum absolute atomic E-state index is 0.346. The van der Waals surface area contributed by atoms with Gasteiger partial charge in [-0.2, -0.15) is 0 Å². The number of aliphatic carboxylic acids is 1. The number of ether oxygens (including phenoxy) is 1. The largest absolute Gasteiger partial charge is 0.479 e. The molecule has 18 heavy (non-hydrogen) atoms. The van der Waals surface area contributed by atoms with Crippen molar-refractivity contribution in [2.45, 2.75) is 39.2 Å². The summed E-state index contributed by atoms with van der Waals surface area (Å²) in [7, 11) is 0. The summed E-state index contributed by atoms with van der Waals surface area (Å²) in [6.07, 6.45) is 1.41. The van der Waals surface area contributed by atoms with Gasteiger partial charge in [0.1, 0.15) is 0 Å². The van der Waals surface area contributed by atoms with Crippen molar-refractivity contribution in [2.75, 3.05) is 6.61 Å². The first-order valence-electron chi connectivity index (χ1n) is 6.14. The molecule has 3 nitrogen and oxygen atoms in total. The van der Waals surface area contributed by atoms with Crippen molar-refractivity contribution in [3.63, 3.8) is 0 Å². The topological polar surface area (TPSA) is 46.5 Å². The molecule has 0 bridgehead atoms. The number of carbonyl (C=O) groups is 1. The van der Waals surface area contributed by atoms with Gasteiger partial charge in [-0.25, -0.2) is 4.79 Å². The molecule has 0 saturated carbocycles. The molecule has 0 aliphatic rings. The minimum Gasteiger partial charge on any atom is -0.479 e. The molecule has 100 valence electrons. The van der Waals surface area contributed by atoms with Gasteiger partial charge >= 0.3 is 5.97 Å². The second-order valence-corrected chi connectivity index (χ2v) is 4.75. The van der Waals surface area contributed by atoms with Crippen LogP contribution >= 0.6 is 11.6 Å². The zero-order chi connectivity index (χ0) is 13.5. The molecule has 0 radical (unpaired) electrons. The van der Waals surface area contributed by atoms with Crippen molar-refractivity contribution in [1.82, 2.24) is 0 Å². The highest BCUT2D eigenvalue weighted by Gasteiger charge is 2.18. The van der Waals surface area contributed by atoms with E-state index < -0.39 is 12.1 Å². The van der Waals surface area contributed by atoms with E-state index in [2.05, 4.69) is 0 Å². The van der Waals surface area contributed by atoms with Crippen molar-refractivity contribution >= 4 is 17.6 Å². The number of carboxylic acid groups (broad SMARTS) is 1. The van der Waals surface area contributed by atoms with E-state index >= 15 is 0 Å². The van der Waals surface area contributed by atoms with Gasteiger partial charge in [0.25, 0.3) is 0 Å². The molecule has 1 unspecified atom stereocenters. The zero-order valence-corrected chi connectivity index (χ0v) is 11.5. The van der Waals surface area contributed by atoms with Gasteiger partial charge in [-0.1, -0.05) is 37.1 Å². The highest BCUT2D eigenvalue weighted by atomic mass is 35.5. The van der Waals surface area contributed by atoms with E-state index in [1.165, 1.54) is 0 Å². The summed E-state index contributed by atoms with van der Waals surface area (Å²) in [6, 6.07) is 5.58. The smallest absolute Gasteiger partial charge is 0.333 e. The Hall–Kier alpha value is -1.06. The van der Waals surface area contributed by atoms with E-state index in [1.807, 2.05) is 26.0 Å². The summed E-state index contributed by atoms with van der Waals surface area (Å²) in [5, 5.41) is 9.76. The van der Waals surface area contributed by atoms with Crippen LogP contribution in [0.25, 0.3) is 0 Å². The Morgan fingerprint density at radius 2 is 2.22 bits per heavy atom. The molecule has 0 aliphatic carbocycles. The van der Waals surface area contributed by atoms with Gasteiger partial charge in [-0.3, -0.25) is 0 Å². The third-order valence-electron chi connectivity index (χ3n) is 2.75. The van der Waals surface area contributed by atoms with E-state index in [0.717, 1.165) is 24.0 Å². The minimum atomic E-state index is -0.928. The van der Waals surface area contributed by atoms with Crippen LogP contribution in [-0.4, -0.2) is 23.8 Å². The van der Waals surface area contributed by atoms with E-state index in [4.69, 9.17) is 21.4 Å². The average molecular weight is 271 g/mol. The molecule has 4 heteroatoms. The van der Waals surface area contributed by atoms with E-state index in [-0.39, 0.29) is 0 Å². The number of benzene rings is 1. The Kier molecular flexibility index (Phi) is 6.16. The van der Waals surface area contributed by atoms with Crippen LogP contribution in [0.3, 0.4) is 0 Å². The molecular weight excluding hydrogens is 252 g/mol. The lowest BCUT2D eigenvalue weighted by Gasteiger charge is -2.14. The highest BCUT2D eigenvalue weighted by molar-refractivity contribution is 6.31. The summed E-state index contributed by atoms with van der Waals surface area (Å²) >= 11 is 6.02. The fraction of sp³-hybridized carbons (Fsp3) is 0.500. The lowest BCUT2D eigenvalue weighted by Crippen LogP contribution is -2.26. The Labute approximate surface area is 113 Å². The van der Waals surface area contributed by atoms with Gasteiger partial charge < -0.3 is 9.84 Å². The van der Waals surface area contributed by atoms with Gasteiger partial charge in [-0.15, -0.1) is 0 Å². The summed E-state index contributed by atoms with van der Waals surface area (Å²) in [5.74, 6) is -0.928. The first-order chi connectivity index (χ1) is 8.54. The normalized spacial score (nSPS) is 12.4. The monoisotopic (exact) mass is 270 g/mol. The van der Waals surface area contributed by atoms with E-state index in [1.54, 1.807) is 6.07 Å². The summed E-state index contributed by atoms with van der Waals surface area (Å²) < 4.78 is 5.38. The summed E-state index contributed by atoms with van der Waals surface area (Å²) in [6.45, 7) is 4.43. The number of hydrogen-bond acceptors (Lipinski definition) is 2. The van der Waals surface area contributed by atoms with Gasteiger partial charge in [-0.05, 0) is 30.5 Å². The molecule has 0 saturated heterocycles. The fourth-order valence-electron chi connectivity index (χ4n) is 1.56. The molecule has 1 atom stereocenters. The van der Waals surface area contributed by atoms with Crippen LogP contribution in [0.15, 0.2) is 18.2 Å². The third kappa shape index (κ3) is 4.67. The van der Waals surface area contributed by atoms with Gasteiger partial charge in [0.15, 0.2) is 6.10 Å².